The molecule has 2 aliphatic heterocycles. The summed E-state index contributed by atoms with van der Waals surface area (Å²) in [5, 5.41) is 8.61. The van der Waals surface area contributed by atoms with Crippen LogP contribution in [0.25, 0.3) is 0 Å². The Kier molecular flexibility index (Phi) is 1.73. The maximum Gasteiger partial charge on any atom is 0.341 e. The summed E-state index contributed by atoms with van der Waals surface area (Å²) in [6.45, 7) is 0. The number of thioether (sulfide) groups is 1. The number of hydrogen-bond donors (Lipinski definition) is 1. The van der Waals surface area contributed by atoms with Crippen LogP contribution >= 0.6 is 11.8 Å². The SMILES string of the molecule is O=C(O)C1=CC2N=CC=NC2S1. The molecule has 0 saturated carbocycles. The van der Waals surface area contributed by atoms with E-state index in [1.54, 1.807) is 18.5 Å². The van der Waals surface area contributed by atoms with Gasteiger partial charge in [-0.1, -0.05) is 11.8 Å². The van der Waals surface area contributed by atoms with Gasteiger partial charge in [0.05, 0.1) is 4.91 Å². The summed E-state index contributed by atoms with van der Waals surface area (Å²) in [7, 11) is 0. The number of fused-ring (bicyclic) bond motifs is 1. The van der Waals surface area contributed by atoms with E-state index >= 15 is 0 Å². The van der Waals surface area contributed by atoms with Crippen LogP contribution in [-0.4, -0.2) is 34.9 Å². The molecule has 0 bridgehead atoms. The van der Waals surface area contributed by atoms with Crippen molar-refractivity contribution in [3.63, 3.8) is 0 Å². The Morgan fingerprint density at radius 1 is 1.50 bits per heavy atom. The second kappa shape index (κ2) is 2.75. The van der Waals surface area contributed by atoms with Crippen LogP contribution < -0.4 is 0 Å². The number of carboxylic acid groups (broad SMARTS) is 1. The number of nitrogens with zero attached hydrogens (tertiary/aromatic N) is 2. The van der Waals surface area contributed by atoms with Gasteiger partial charge in [0.1, 0.15) is 11.4 Å². The minimum atomic E-state index is -0.889. The Hall–Kier alpha value is -1.10. The highest BCUT2D eigenvalue weighted by Crippen LogP contribution is 2.35. The standard InChI is InChI=1S/C7H6N2O2S/c10-7(11)5-3-4-6(12-5)9-2-1-8-4/h1-4,6H,(H,10,11). The summed E-state index contributed by atoms with van der Waals surface area (Å²) < 4.78 is 0. The molecule has 2 aliphatic rings. The molecule has 0 fully saturated rings. The zero-order valence-corrected chi connectivity index (χ0v) is 6.86. The molecule has 0 aromatic rings. The molecule has 1 N–H and O–H groups in total. The average molecular weight is 182 g/mol. The molecule has 0 saturated heterocycles. The first-order chi connectivity index (χ1) is 5.77. The summed E-state index contributed by atoms with van der Waals surface area (Å²) in [4.78, 5) is 19.1. The largest absolute Gasteiger partial charge is 0.477 e. The minimum absolute atomic E-state index is 0.0545. The zero-order chi connectivity index (χ0) is 8.55. The third-order valence-corrected chi connectivity index (χ3v) is 2.84. The second-order valence-corrected chi connectivity index (χ2v) is 3.59. The minimum Gasteiger partial charge on any atom is -0.477 e. The summed E-state index contributed by atoms with van der Waals surface area (Å²) in [5.41, 5.74) is 0. The van der Waals surface area contributed by atoms with Gasteiger partial charge in [-0.25, -0.2) is 4.79 Å². The topological polar surface area (TPSA) is 62.0 Å². The molecule has 62 valence electrons. The van der Waals surface area contributed by atoms with Gasteiger partial charge in [0.25, 0.3) is 0 Å². The second-order valence-electron chi connectivity index (χ2n) is 2.43. The van der Waals surface area contributed by atoms with E-state index in [2.05, 4.69) is 9.98 Å². The van der Waals surface area contributed by atoms with Crippen molar-refractivity contribution >= 4 is 30.2 Å². The highest BCUT2D eigenvalue weighted by atomic mass is 32.2. The van der Waals surface area contributed by atoms with Crippen molar-refractivity contribution in [3.8, 4) is 0 Å². The van der Waals surface area contributed by atoms with Crippen LogP contribution in [0.5, 0.6) is 0 Å². The molecule has 0 aromatic carbocycles. The Labute approximate surface area is 73.1 Å². The Balaban J connectivity index is 2.21. The van der Waals surface area contributed by atoms with Crippen molar-refractivity contribution in [2.24, 2.45) is 9.98 Å². The molecule has 2 heterocycles. The lowest BCUT2D eigenvalue weighted by molar-refractivity contribution is -0.131. The van der Waals surface area contributed by atoms with Gasteiger partial charge in [-0.2, -0.15) is 0 Å². The molecular formula is C7H6N2O2S. The normalized spacial score (nSPS) is 31.5. The Morgan fingerprint density at radius 2 is 2.25 bits per heavy atom. The highest BCUT2D eigenvalue weighted by molar-refractivity contribution is 8.04. The van der Waals surface area contributed by atoms with Crippen LogP contribution in [0.4, 0.5) is 0 Å². The van der Waals surface area contributed by atoms with Crippen molar-refractivity contribution in [2.75, 3.05) is 0 Å². The smallest absolute Gasteiger partial charge is 0.341 e. The van der Waals surface area contributed by atoms with E-state index in [0.29, 0.717) is 4.91 Å². The van der Waals surface area contributed by atoms with E-state index in [1.165, 1.54) is 11.8 Å². The van der Waals surface area contributed by atoms with Crippen LogP contribution in [0.3, 0.4) is 0 Å². The predicted octanol–water partition coefficient (Wildman–Crippen LogP) is 0.552. The fourth-order valence-corrected chi connectivity index (χ4v) is 2.09. The van der Waals surface area contributed by atoms with Gasteiger partial charge >= 0.3 is 5.97 Å². The first-order valence-electron chi connectivity index (χ1n) is 3.44. The van der Waals surface area contributed by atoms with Gasteiger partial charge in [-0.3, -0.25) is 9.98 Å². The Morgan fingerprint density at radius 3 is 2.92 bits per heavy atom. The first-order valence-corrected chi connectivity index (χ1v) is 4.32. The molecule has 0 spiro atoms. The van der Waals surface area contributed by atoms with Gasteiger partial charge in [0.15, 0.2) is 0 Å². The average Bonchev–Trinajstić information content (AvgIpc) is 2.46. The molecule has 0 aliphatic carbocycles. The lowest BCUT2D eigenvalue weighted by Gasteiger charge is -2.11. The monoisotopic (exact) mass is 182 g/mol. The van der Waals surface area contributed by atoms with Crippen molar-refractivity contribution in [3.05, 3.63) is 11.0 Å². The molecule has 4 nitrogen and oxygen atoms in total. The zero-order valence-electron chi connectivity index (χ0n) is 6.04. The fraction of sp³-hybridized carbons (Fsp3) is 0.286. The van der Waals surface area contributed by atoms with Gasteiger partial charge < -0.3 is 5.11 Å². The third-order valence-electron chi connectivity index (χ3n) is 1.63. The van der Waals surface area contributed by atoms with Gasteiger partial charge in [-0.05, 0) is 6.08 Å². The van der Waals surface area contributed by atoms with Gasteiger partial charge in [0, 0.05) is 12.4 Å². The maximum atomic E-state index is 10.6. The summed E-state index contributed by atoms with van der Waals surface area (Å²) in [6, 6.07) is -0.0777. The van der Waals surface area contributed by atoms with Gasteiger partial charge in [-0.15, -0.1) is 0 Å². The van der Waals surface area contributed by atoms with Crippen molar-refractivity contribution in [1.82, 2.24) is 0 Å². The van der Waals surface area contributed by atoms with E-state index in [9.17, 15) is 4.79 Å². The predicted molar refractivity (Wildman–Crippen MR) is 47.9 cm³/mol. The summed E-state index contributed by atoms with van der Waals surface area (Å²) in [6.07, 6.45) is 4.85. The van der Waals surface area contributed by atoms with E-state index in [-0.39, 0.29) is 11.4 Å². The highest BCUT2D eigenvalue weighted by Gasteiger charge is 2.31. The Bertz CT molecular complexity index is 309. The molecule has 2 atom stereocenters. The first kappa shape index (κ1) is 7.54. The third kappa shape index (κ3) is 1.16. The molecule has 0 radical (unpaired) electrons. The van der Waals surface area contributed by atoms with E-state index in [0.717, 1.165) is 0 Å². The number of carboxylic acids is 1. The molecule has 2 rings (SSSR count). The molecule has 0 aromatic heterocycles. The summed E-state index contributed by atoms with van der Waals surface area (Å²) in [5.74, 6) is -0.889. The number of carbonyl (C=O) groups is 1. The van der Waals surface area contributed by atoms with Crippen LogP contribution in [0, 0.1) is 0 Å². The van der Waals surface area contributed by atoms with Crippen LogP contribution in [0.1, 0.15) is 0 Å². The molecule has 12 heavy (non-hydrogen) atoms. The summed E-state index contributed by atoms with van der Waals surface area (Å²) >= 11 is 1.25. The van der Waals surface area contributed by atoms with E-state index < -0.39 is 5.97 Å². The quantitative estimate of drug-likeness (QED) is 0.644. The van der Waals surface area contributed by atoms with Crippen LogP contribution in [0.15, 0.2) is 21.0 Å². The van der Waals surface area contributed by atoms with Gasteiger partial charge in [0.2, 0.25) is 0 Å². The lowest BCUT2D eigenvalue weighted by Crippen LogP contribution is -2.16. The lowest BCUT2D eigenvalue weighted by atomic mass is 10.2. The van der Waals surface area contributed by atoms with Crippen molar-refractivity contribution < 1.29 is 9.90 Å². The van der Waals surface area contributed by atoms with E-state index in [4.69, 9.17) is 5.11 Å². The van der Waals surface area contributed by atoms with Crippen molar-refractivity contribution in [1.29, 1.82) is 0 Å². The fourth-order valence-electron chi connectivity index (χ4n) is 1.09. The number of aliphatic imine (C=N–C) groups is 2. The number of aliphatic carboxylic acids is 1. The number of rotatable bonds is 1. The van der Waals surface area contributed by atoms with Crippen LogP contribution in [-0.2, 0) is 4.79 Å². The molecule has 0 amide bonds. The molecular weight excluding hydrogens is 176 g/mol. The van der Waals surface area contributed by atoms with Crippen LogP contribution in [0.2, 0.25) is 0 Å². The number of hydrogen-bond acceptors (Lipinski definition) is 4. The van der Waals surface area contributed by atoms with E-state index in [1.807, 2.05) is 0 Å². The molecule has 5 heteroatoms. The maximum absolute atomic E-state index is 10.6. The molecule has 2 unspecified atom stereocenters. The van der Waals surface area contributed by atoms with Crippen molar-refractivity contribution in [2.45, 2.75) is 11.4 Å².